The lowest BCUT2D eigenvalue weighted by Gasteiger charge is -2.17. The predicted octanol–water partition coefficient (Wildman–Crippen LogP) is 1.74. The van der Waals surface area contributed by atoms with Crippen molar-refractivity contribution in [2.24, 2.45) is 17.6 Å². The molecule has 0 radical (unpaired) electrons. The Bertz CT molecular complexity index is 132. The van der Waals surface area contributed by atoms with Gasteiger partial charge in [-0.2, -0.15) is 0 Å². The first-order valence-electron chi connectivity index (χ1n) is 5.22. The lowest BCUT2D eigenvalue weighted by atomic mass is 9.97. The predicted molar refractivity (Wildman–Crippen MR) is 51.3 cm³/mol. The van der Waals surface area contributed by atoms with Gasteiger partial charge >= 0.3 is 0 Å². The Morgan fingerprint density at radius 3 is 2.77 bits per heavy atom. The summed E-state index contributed by atoms with van der Waals surface area (Å²) in [6.45, 7) is 1.84. The van der Waals surface area contributed by atoms with Crippen LogP contribution >= 0.6 is 0 Å². The van der Waals surface area contributed by atoms with Crippen LogP contribution in [0.5, 0.6) is 0 Å². The lowest BCUT2D eigenvalue weighted by molar-refractivity contribution is 0.0820. The second-order valence-corrected chi connectivity index (χ2v) is 3.80. The number of ether oxygens (including phenoxy) is 1. The molecule has 1 rings (SSSR count). The van der Waals surface area contributed by atoms with Crippen molar-refractivity contribution in [3.05, 3.63) is 0 Å². The van der Waals surface area contributed by atoms with E-state index in [4.69, 9.17) is 10.5 Å². The molecule has 1 saturated carbocycles. The number of nitrogens with two attached hydrogens (primary N) is 1. The van der Waals surface area contributed by atoms with Gasteiger partial charge in [0.1, 0.15) is 0 Å². The molecule has 0 saturated heterocycles. The van der Waals surface area contributed by atoms with Crippen LogP contribution in [0.1, 0.15) is 25.7 Å². The topological polar surface area (TPSA) is 35.2 Å². The Kier molecular flexibility index (Phi) is 5.32. The summed E-state index contributed by atoms with van der Waals surface area (Å²) in [4.78, 5) is 0. The van der Waals surface area contributed by atoms with Crippen LogP contribution in [-0.2, 0) is 4.74 Å². The fourth-order valence-corrected chi connectivity index (χ4v) is 2.03. The highest BCUT2D eigenvalue weighted by atomic mass is 19.1. The largest absolute Gasteiger partial charge is 0.381 e. The SMILES string of the molecule is NCC1CCCC1COCCCF. The van der Waals surface area contributed by atoms with Crippen molar-refractivity contribution in [1.29, 1.82) is 0 Å². The average molecular weight is 189 g/mol. The Morgan fingerprint density at radius 1 is 1.31 bits per heavy atom. The molecule has 0 aromatic rings. The summed E-state index contributed by atoms with van der Waals surface area (Å²) in [5, 5.41) is 0. The summed E-state index contributed by atoms with van der Waals surface area (Å²) >= 11 is 0. The molecular formula is C10H20FNO. The van der Waals surface area contributed by atoms with Crippen molar-refractivity contribution in [3.8, 4) is 0 Å². The van der Waals surface area contributed by atoms with Gasteiger partial charge in [-0.1, -0.05) is 6.42 Å². The van der Waals surface area contributed by atoms with Gasteiger partial charge in [-0.3, -0.25) is 4.39 Å². The van der Waals surface area contributed by atoms with Gasteiger partial charge in [0.05, 0.1) is 6.67 Å². The minimum absolute atomic E-state index is 0.273. The molecule has 2 nitrogen and oxygen atoms in total. The third kappa shape index (κ3) is 3.61. The quantitative estimate of drug-likeness (QED) is 0.646. The first kappa shape index (κ1) is 10.9. The van der Waals surface area contributed by atoms with Gasteiger partial charge in [0.25, 0.3) is 0 Å². The molecule has 3 heteroatoms. The lowest BCUT2D eigenvalue weighted by Crippen LogP contribution is -2.22. The second-order valence-electron chi connectivity index (χ2n) is 3.80. The highest BCUT2D eigenvalue weighted by Gasteiger charge is 2.25. The zero-order chi connectivity index (χ0) is 9.52. The minimum atomic E-state index is -0.273. The van der Waals surface area contributed by atoms with Crippen LogP contribution in [0.25, 0.3) is 0 Å². The monoisotopic (exact) mass is 189 g/mol. The standard InChI is InChI=1S/C10H20FNO/c11-5-2-6-13-8-10-4-1-3-9(10)7-12/h9-10H,1-8,12H2. The molecule has 0 aliphatic heterocycles. The number of hydrogen-bond acceptors (Lipinski definition) is 2. The van der Waals surface area contributed by atoms with E-state index in [0.717, 1.165) is 13.2 Å². The van der Waals surface area contributed by atoms with Crippen molar-refractivity contribution >= 4 is 0 Å². The van der Waals surface area contributed by atoms with Crippen LogP contribution in [0, 0.1) is 11.8 Å². The van der Waals surface area contributed by atoms with Crippen molar-refractivity contribution in [3.63, 3.8) is 0 Å². The van der Waals surface area contributed by atoms with Crippen LogP contribution in [0.3, 0.4) is 0 Å². The smallest absolute Gasteiger partial charge is 0.0916 e. The molecule has 2 N–H and O–H groups in total. The number of halogens is 1. The first-order chi connectivity index (χ1) is 6.38. The van der Waals surface area contributed by atoms with Crippen LogP contribution < -0.4 is 5.73 Å². The number of hydrogen-bond donors (Lipinski definition) is 1. The molecule has 2 atom stereocenters. The van der Waals surface area contributed by atoms with Gasteiger partial charge in [0.15, 0.2) is 0 Å². The molecule has 0 spiro atoms. The normalized spacial score (nSPS) is 28.2. The van der Waals surface area contributed by atoms with Crippen molar-refractivity contribution in [2.45, 2.75) is 25.7 Å². The summed E-state index contributed by atoms with van der Waals surface area (Å²) in [5.74, 6) is 1.27. The Labute approximate surface area is 79.6 Å². The van der Waals surface area contributed by atoms with Gasteiger partial charge in [0.2, 0.25) is 0 Å². The third-order valence-corrected chi connectivity index (χ3v) is 2.87. The molecule has 0 aromatic carbocycles. The highest BCUT2D eigenvalue weighted by Crippen LogP contribution is 2.30. The van der Waals surface area contributed by atoms with E-state index in [9.17, 15) is 4.39 Å². The Morgan fingerprint density at radius 2 is 2.08 bits per heavy atom. The average Bonchev–Trinajstić information content (AvgIpc) is 2.60. The number of alkyl halides is 1. The van der Waals surface area contributed by atoms with Crippen LogP contribution in [0.15, 0.2) is 0 Å². The van der Waals surface area contributed by atoms with Crippen molar-refractivity contribution in [2.75, 3.05) is 26.4 Å². The van der Waals surface area contributed by atoms with Crippen LogP contribution in [0.4, 0.5) is 4.39 Å². The van der Waals surface area contributed by atoms with Crippen molar-refractivity contribution < 1.29 is 9.13 Å². The number of rotatable bonds is 6. The van der Waals surface area contributed by atoms with Gasteiger partial charge in [0, 0.05) is 13.2 Å². The fourth-order valence-electron chi connectivity index (χ4n) is 2.03. The third-order valence-electron chi connectivity index (χ3n) is 2.87. The van der Waals surface area contributed by atoms with E-state index >= 15 is 0 Å². The molecule has 78 valence electrons. The minimum Gasteiger partial charge on any atom is -0.381 e. The summed E-state index contributed by atoms with van der Waals surface area (Å²) < 4.78 is 17.1. The molecule has 0 heterocycles. The summed E-state index contributed by atoms with van der Waals surface area (Å²) in [6.07, 6.45) is 4.28. The Hall–Kier alpha value is -0.150. The summed E-state index contributed by atoms with van der Waals surface area (Å²) in [5.41, 5.74) is 5.64. The van der Waals surface area contributed by atoms with Crippen LogP contribution in [-0.4, -0.2) is 26.4 Å². The Balaban J connectivity index is 2.06. The van der Waals surface area contributed by atoms with E-state index in [1.807, 2.05) is 0 Å². The van der Waals surface area contributed by atoms with E-state index in [1.54, 1.807) is 0 Å². The van der Waals surface area contributed by atoms with Gasteiger partial charge < -0.3 is 10.5 Å². The van der Waals surface area contributed by atoms with Gasteiger partial charge in [-0.15, -0.1) is 0 Å². The summed E-state index contributed by atoms with van der Waals surface area (Å²) in [6, 6.07) is 0. The van der Waals surface area contributed by atoms with E-state index in [0.29, 0.717) is 24.9 Å². The van der Waals surface area contributed by atoms with E-state index in [-0.39, 0.29) is 6.67 Å². The van der Waals surface area contributed by atoms with E-state index in [2.05, 4.69) is 0 Å². The molecule has 0 bridgehead atoms. The molecule has 13 heavy (non-hydrogen) atoms. The molecule has 1 fully saturated rings. The van der Waals surface area contributed by atoms with E-state index < -0.39 is 0 Å². The highest BCUT2D eigenvalue weighted by molar-refractivity contribution is 4.77. The molecule has 0 amide bonds. The maximum Gasteiger partial charge on any atom is 0.0916 e. The van der Waals surface area contributed by atoms with Gasteiger partial charge in [-0.25, -0.2) is 0 Å². The van der Waals surface area contributed by atoms with Gasteiger partial charge in [-0.05, 0) is 37.6 Å². The van der Waals surface area contributed by atoms with Crippen molar-refractivity contribution in [1.82, 2.24) is 0 Å². The molecular weight excluding hydrogens is 169 g/mol. The summed E-state index contributed by atoms with van der Waals surface area (Å²) in [7, 11) is 0. The molecule has 1 aliphatic rings. The molecule has 1 aliphatic carbocycles. The first-order valence-corrected chi connectivity index (χ1v) is 5.22. The molecule has 2 unspecified atom stereocenters. The van der Waals surface area contributed by atoms with Crippen LogP contribution in [0.2, 0.25) is 0 Å². The zero-order valence-corrected chi connectivity index (χ0v) is 8.18. The maximum atomic E-state index is 11.7. The fraction of sp³-hybridized carbons (Fsp3) is 1.00. The zero-order valence-electron chi connectivity index (χ0n) is 8.18. The second kappa shape index (κ2) is 6.33. The maximum absolute atomic E-state index is 11.7. The molecule has 0 aromatic heterocycles. The van der Waals surface area contributed by atoms with E-state index in [1.165, 1.54) is 19.3 Å².